The number of aryl methyl sites for hydroxylation is 1. The minimum Gasteiger partial charge on any atom is -0.497 e. The molecule has 0 aliphatic carbocycles. The van der Waals surface area contributed by atoms with Crippen LogP contribution in [0.25, 0.3) is 16.9 Å². The zero-order valence-corrected chi connectivity index (χ0v) is 22.0. The van der Waals surface area contributed by atoms with E-state index in [0.29, 0.717) is 13.0 Å². The normalized spacial score (nSPS) is 13.9. The highest BCUT2D eigenvalue weighted by Crippen LogP contribution is 2.21. The second-order valence-electron chi connectivity index (χ2n) is 10.1. The van der Waals surface area contributed by atoms with E-state index < -0.39 is 0 Å². The average molecular weight is 507 g/mol. The predicted molar refractivity (Wildman–Crippen MR) is 150 cm³/mol. The summed E-state index contributed by atoms with van der Waals surface area (Å²) in [5.41, 5.74) is 6.61. The van der Waals surface area contributed by atoms with E-state index >= 15 is 0 Å². The summed E-state index contributed by atoms with van der Waals surface area (Å²) < 4.78 is 9.21. The van der Waals surface area contributed by atoms with Crippen LogP contribution in [0, 0.1) is 0 Å². The smallest absolute Gasteiger partial charge is 0.156 e. The van der Waals surface area contributed by atoms with Crippen LogP contribution in [0.2, 0.25) is 0 Å². The molecule has 0 radical (unpaired) electrons. The Labute approximate surface area is 223 Å². The lowest BCUT2D eigenvalue weighted by atomic mass is 10.1. The molecule has 2 aromatic carbocycles. The van der Waals surface area contributed by atoms with Crippen LogP contribution in [0.1, 0.15) is 41.8 Å². The maximum absolute atomic E-state index is 5.35. The first kappa shape index (κ1) is 24.4. The summed E-state index contributed by atoms with van der Waals surface area (Å²) in [6.07, 6.45) is 9.74. The van der Waals surface area contributed by atoms with Crippen molar-refractivity contribution in [3.63, 3.8) is 0 Å². The quantitative estimate of drug-likeness (QED) is 0.258. The first-order chi connectivity index (χ1) is 18.7. The van der Waals surface area contributed by atoms with E-state index in [-0.39, 0.29) is 0 Å². The largest absolute Gasteiger partial charge is 0.497 e. The van der Waals surface area contributed by atoms with Crippen LogP contribution in [0.15, 0.2) is 79.1 Å². The maximum Gasteiger partial charge on any atom is 0.156 e. The molecule has 0 saturated carbocycles. The van der Waals surface area contributed by atoms with Crippen LogP contribution < -0.4 is 4.74 Å². The van der Waals surface area contributed by atoms with Crippen molar-refractivity contribution in [1.82, 2.24) is 29.3 Å². The molecule has 6 rings (SSSR count). The topological polar surface area (TPSA) is 60.5 Å². The molecule has 0 unspecified atom stereocenters. The number of hydrogen-bond acceptors (Lipinski definition) is 5. The van der Waals surface area contributed by atoms with Gasteiger partial charge in [-0.2, -0.15) is 10.2 Å². The fraction of sp³-hybridized carbons (Fsp3) is 0.323. The van der Waals surface area contributed by atoms with E-state index in [1.165, 1.54) is 50.0 Å². The van der Waals surface area contributed by atoms with Gasteiger partial charge in [-0.15, -0.1) is 0 Å². The van der Waals surface area contributed by atoms with Gasteiger partial charge in [0.25, 0.3) is 0 Å². The second kappa shape index (κ2) is 11.2. The molecule has 0 bridgehead atoms. The van der Waals surface area contributed by atoms with E-state index in [2.05, 4.69) is 52.6 Å². The molecule has 1 fully saturated rings. The Morgan fingerprint density at radius 3 is 2.55 bits per heavy atom. The molecule has 7 heteroatoms. The van der Waals surface area contributed by atoms with Gasteiger partial charge < -0.3 is 9.64 Å². The molecule has 0 N–H and O–H groups in total. The molecular formula is C31H34N6O. The van der Waals surface area contributed by atoms with Gasteiger partial charge in [-0.05, 0) is 86.3 Å². The van der Waals surface area contributed by atoms with Gasteiger partial charge in [-0.1, -0.05) is 42.5 Å². The maximum atomic E-state index is 5.35. The second-order valence-corrected chi connectivity index (χ2v) is 10.1. The summed E-state index contributed by atoms with van der Waals surface area (Å²) >= 11 is 0. The van der Waals surface area contributed by atoms with Crippen molar-refractivity contribution in [2.45, 2.75) is 38.6 Å². The lowest BCUT2D eigenvalue weighted by molar-refractivity contribution is 0.334. The van der Waals surface area contributed by atoms with Gasteiger partial charge in [0.15, 0.2) is 11.5 Å². The van der Waals surface area contributed by atoms with E-state index in [9.17, 15) is 0 Å². The molecule has 4 heterocycles. The highest BCUT2D eigenvalue weighted by molar-refractivity contribution is 5.61. The molecular weight excluding hydrogens is 472 g/mol. The summed E-state index contributed by atoms with van der Waals surface area (Å²) in [5, 5.41) is 9.45. The van der Waals surface area contributed by atoms with Crippen molar-refractivity contribution >= 4 is 5.65 Å². The van der Waals surface area contributed by atoms with E-state index in [1.54, 1.807) is 7.11 Å². The van der Waals surface area contributed by atoms with Gasteiger partial charge in [0.2, 0.25) is 0 Å². The third kappa shape index (κ3) is 5.63. The highest BCUT2D eigenvalue weighted by Gasteiger charge is 2.13. The summed E-state index contributed by atoms with van der Waals surface area (Å²) in [7, 11) is 1.68. The Kier molecular flexibility index (Phi) is 7.18. The van der Waals surface area contributed by atoms with Crippen LogP contribution in [-0.2, 0) is 19.4 Å². The minimum atomic E-state index is 0.671. The predicted octanol–water partition coefficient (Wildman–Crippen LogP) is 5.27. The Morgan fingerprint density at radius 1 is 0.895 bits per heavy atom. The Bertz CT molecular complexity index is 1500. The van der Waals surface area contributed by atoms with Gasteiger partial charge in [0.1, 0.15) is 5.75 Å². The number of methoxy groups -OCH3 is 1. The molecule has 5 aromatic rings. The van der Waals surface area contributed by atoms with Gasteiger partial charge >= 0.3 is 0 Å². The fourth-order valence-electron chi connectivity index (χ4n) is 5.30. The first-order valence-corrected chi connectivity index (χ1v) is 13.5. The fourth-order valence-corrected chi connectivity index (χ4v) is 5.30. The summed E-state index contributed by atoms with van der Waals surface area (Å²) in [4.78, 5) is 7.40. The highest BCUT2D eigenvalue weighted by atomic mass is 16.5. The van der Waals surface area contributed by atoms with Gasteiger partial charge in [0.05, 0.1) is 25.5 Å². The number of aromatic nitrogens is 5. The SMILES string of the molecule is COc1cccc(Cn2cc(-c3cccc4nc(Cc5ccc(CCCN6CCCC6)cc5)nn34)cn2)c1. The lowest BCUT2D eigenvalue weighted by Crippen LogP contribution is -2.20. The monoisotopic (exact) mass is 506 g/mol. The number of nitrogens with zero attached hydrogens (tertiary/aromatic N) is 6. The number of fused-ring (bicyclic) bond motifs is 1. The van der Waals surface area contributed by atoms with Crippen molar-refractivity contribution in [2.75, 3.05) is 26.7 Å². The molecule has 0 spiro atoms. The number of benzene rings is 2. The minimum absolute atomic E-state index is 0.671. The molecule has 1 aliphatic heterocycles. The van der Waals surface area contributed by atoms with Crippen molar-refractivity contribution in [1.29, 1.82) is 0 Å². The summed E-state index contributed by atoms with van der Waals surface area (Å²) in [6, 6.07) is 23.1. The zero-order valence-electron chi connectivity index (χ0n) is 22.0. The lowest BCUT2D eigenvalue weighted by Gasteiger charge is -2.13. The zero-order chi connectivity index (χ0) is 25.7. The number of likely N-dealkylation sites (tertiary alicyclic amines) is 1. The van der Waals surface area contributed by atoms with Crippen molar-refractivity contribution in [3.8, 4) is 17.0 Å². The summed E-state index contributed by atoms with van der Waals surface area (Å²) in [5.74, 6) is 1.67. The van der Waals surface area contributed by atoms with E-state index in [0.717, 1.165) is 40.5 Å². The number of ether oxygens (including phenoxy) is 1. The average Bonchev–Trinajstić information content (AvgIpc) is 3.71. The van der Waals surface area contributed by atoms with Gasteiger partial charge in [-0.25, -0.2) is 9.50 Å². The van der Waals surface area contributed by atoms with Crippen LogP contribution in [0.3, 0.4) is 0 Å². The molecule has 38 heavy (non-hydrogen) atoms. The molecule has 0 amide bonds. The standard InChI is InChI=1S/C31H34N6O/c1-38-28-9-4-7-26(19-28)22-36-23-27(21-32-36)29-10-5-11-31-33-30(34-37(29)31)20-25-14-12-24(13-15-25)8-6-18-35-16-2-3-17-35/h4-5,7,9-15,19,21,23H,2-3,6,8,16-18,20,22H2,1H3. The molecule has 194 valence electrons. The van der Waals surface area contributed by atoms with E-state index in [1.807, 2.05) is 45.7 Å². The van der Waals surface area contributed by atoms with Crippen LogP contribution in [0.4, 0.5) is 0 Å². The number of rotatable bonds is 10. The third-order valence-electron chi connectivity index (χ3n) is 7.34. The van der Waals surface area contributed by atoms with Crippen molar-refractivity contribution < 1.29 is 4.74 Å². The van der Waals surface area contributed by atoms with Crippen LogP contribution in [0.5, 0.6) is 5.75 Å². The Balaban J connectivity index is 1.13. The van der Waals surface area contributed by atoms with E-state index in [4.69, 9.17) is 14.8 Å². The number of hydrogen-bond donors (Lipinski definition) is 0. The van der Waals surface area contributed by atoms with Crippen LogP contribution in [-0.4, -0.2) is 56.0 Å². The van der Waals surface area contributed by atoms with Crippen molar-refractivity contribution in [3.05, 3.63) is 102 Å². The molecule has 7 nitrogen and oxygen atoms in total. The Hall–Kier alpha value is -3.97. The van der Waals surface area contributed by atoms with Crippen LogP contribution >= 0.6 is 0 Å². The first-order valence-electron chi connectivity index (χ1n) is 13.5. The summed E-state index contributed by atoms with van der Waals surface area (Å²) in [6.45, 7) is 4.44. The molecule has 1 saturated heterocycles. The van der Waals surface area contributed by atoms with Gasteiger partial charge in [0, 0.05) is 18.2 Å². The van der Waals surface area contributed by atoms with Crippen molar-refractivity contribution in [2.24, 2.45) is 0 Å². The Morgan fingerprint density at radius 2 is 1.71 bits per heavy atom. The van der Waals surface area contributed by atoms with Gasteiger partial charge in [-0.3, -0.25) is 4.68 Å². The number of pyridine rings is 1. The molecule has 0 atom stereocenters. The molecule has 1 aliphatic rings. The third-order valence-corrected chi connectivity index (χ3v) is 7.34. The molecule has 3 aromatic heterocycles.